The van der Waals surface area contributed by atoms with Gasteiger partial charge in [0, 0.05) is 24.8 Å². The van der Waals surface area contributed by atoms with Crippen molar-refractivity contribution >= 4 is 40.5 Å². The van der Waals surface area contributed by atoms with Gasteiger partial charge < -0.3 is 15.5 Å². The highest BCUT2D eigenvalue weighted by atomic mass is 35.5. The van der Waals surface area contributed by atoms with Crippen LogP contribution in [0.15, 0.2) is 48.5 Å². The highest BCUT2D eigenvalue weighted by Crippen LogP contribution is 2.29. The van der Waals surface area contributed by atoms with Crippen molar-refractivity contribution in [3.05, 3.63) is 53.6 Å². The van der Waals surface area contributed by atoms with Gasteiger partial charge >= 0.3 is 0 Å². The Morgan fingerprint density at radius 3 is 2.48 bits per heavy atom. The Bertz CT molecular complexity index is 776. The Hall–Kier alpha value is -2.53. The number of anilines is 3. The molecule has 1 saturated heterocycles. The van der Waals surface area contributed by atoms with E-state index in [0.29, 0.717) is 11.6 Å². The minimum absolute atomic E-state index is 0.0188. The molecule has 1 atom stereocenters. The zero-order valence-corrected chi connectivity index (χ0v) is 14.7. The summed E-state index contributed by atoms with van der Waals surface area (Å²) < 4.78 is 0. The van der Waals surface area contributed by atoms with Crippen LogP contribution in [0, 0.1) is 0 Å². The molecule has 1 aliphatic rings. The van der Waals surface area contributed by atoms with E-state index in [-0.39, 0.29) is 17.9 Å². The monoisotopic (exact) mass is 357 g/mol. The molecule has 3 rings (SSSR count). The normalized spacial score (nSPS) is 17.3. The molecule has 25 heavy (non-hydrogen) atoms. The molecule has 0 aromatic heterocycles. The molecule has 1 fully saturated rings. The fourth-order valence-corrected chi connectivity index (χ4v) is 3.21. The lowest BCUT2D eigenvalue weighted by atomic mass is 10.0. The molecule has 6 heteroatoms. The van der Waals surface area contributed by atoms with Crippen molar-refractivity contribution in [1.82, 2.24) is 0 Å². The molecule has 5 nitrogen and oxygen atoms in total. The summed E-state index contributed by atoms with van der Waals surface area (Å²) in [4.78, 5) is 25.7. The Morgan fingerprint density at radius 1 is 1.12 bits per heavy atom. The molecule has 130 valence electrons. The highest BCUT2D eigenvalue weighted by molar-refractivity contribution is 6.33. The summed E-state index contributed by atoms with van der Waals surface area (Å²) in [5.41, 5.74) is 2.32. The zero-order valence-electron chi connectivity index (χ0n) is 14.0. The van der Waals surface area contributed by atoms with Gasteiger partial charge in [-0.25, -0.2) is 0 Å². The van der Waals surface area contributed by atoms with E-state index in [2.05, 4.69) is 10.6 Å². The topological polar surface area (TPSA) is 61.4 Å². The summed E-state index contributed by atoms with van der Waals surface area (Å²) in [5, 5.41) is 6.59. The lowest BCUT2D eigenvalue weighted by Crippen LogP contribution is -2.47. The quantitative estimate of drug-likeness (QED) is 0.872. The molecule has 1 aliphatic heterocycles. The number of halogens is 1. The number of amides is 2. The summed E-state index contributed by atoms with van der Waals surface area (Å²) in [7, 11) is 0. The molecule has 0 spiro atoms. The maximum atomic E-state index is 12.8. The second-order valence-electron chi connectivity index (χ2n) is 6.04. The lowest BCUT2D eigenvalue weighted by Gasteiger charge is -2.33. The first-order valence-electron chi connectivity index (χ1n) is 8.24. The summed E-state index contributed by atoms with van der Waals surface area (Å²) >= 11 is 6.24. The molecule has 2 aromatic carbocycles. The number of piperidine rings is 1. The minimum Gasteiger partial charge on any atom is -0.374 e. The van der Waals surface area contributed by atoms with Crippen molar-refractivity contribution < 1.29 is 9.59 Å². The molecule has 2 aromatic rings. The van der Waals surface area contributed by atoms with E-state index < -0.39 is 0 Å². The number of rotatable bonds is 4. The van der Waals surface area contributed by atoms with Crippen molar-refractivity contribution in [2.45, 2.75) is 25.8 Å². The van der Waals surface area contributed by atoms with Crippen molar-refractivity contribution in [3.8, 4) is 0 Å². The fraction of sp³-hybridized carbons (Fsp3) is 0.263. The minimum atomic E-state index is -0.295. The molecule has 2 amide bonds. The molecule has 1 heterocycles. The van der Waals surface area contributed by atoms with E-state index in [1.54, 1.807) is 11.0 Å². The third-order valence-electron chi connectivity index (χ3n) is 4.13. The van der Waals surface area contributed by atoms with Gasteiger partial charge in [0.05, 0.1) is 10.7 Å². The average Bonchev–Trinajstić information content (AvgIpc) is 2.59. The summed E-state index contributed by atoms with van der Waals surface area (Å²) in [5.74, 6) is -0.0937. The third-order valence-corrected chi connectivity index (χ3v) is 4.45. The Kier molecular flexibility index (Phi) is 5.24. The van der Waals surface area contributed by atoms with E-state index in [4.69, 9.17) is 11.6 Å². The van der Waals surface area contributed by atoms with Crippen LogP contribution >= 0.6 is 11.6 Å². The molecular weight excluding hydrogens is 338 g/mol. The highest BCUT2D eigenvalue weighted by Gasteiger charge is 2.30. The summed E-state index contributed by atoms with van der Waals surface area (Å²) in [6.45, 7) is 2.14. The van der Waals surface area contributed by atoms with Gasteiger partial charge in [0.25, 0.3) is 0 Å². The van der Waals surface area contributed by atoms with Gasteiger partial charge in [-0.05, 0) is 49.2 Å². The van der Waals surface area contributed by atoms with Crippen molar-refractivity contribution in [1.29, 1.82) is 0 Å². The van der Waals surface area contributed by atoms with E-state index in [0.717, 1.165) is 29.9 Å². The first-order chi connectivity index (χ1) is 12.0. The number of carbonyl (C=O) groups is 2. The largest absolute Gasteiger partial charge is 0.374 e. The van der Waals surface area contributed by atoms with Gasteiger partial charge in [-0.1, -0.05) is 23.7 Å². The van der Waals surface area contributed by atoms with Gasteiger partial charge in [-0.3, -0.25) is 9.59 Å². The number of hydrogen-bond donors (Lipinski definition) is 2. The SMILES string of the molecule is CC(=O)Nc1ccc(NC2CCCN(c3ccccc3Cl)C2=O)cc1. The van der Waals surface area contributed by atoms with Crippen molar-refractivity contribution in [2.24, 2.45) is 0 Å². The molecule has 0 saturated carbocycles. The predicted molar refractivity (Wildman–Crippen MR) is 101 cm³/mol. The Labute approximate surface area is 152 Å². The average molecular weight is 358 g/mol. The molecular formula is C19H20ClN3O2. The number of hydrogen-bond acceptors (Lipinski definition) is 3. The van der Waals surface area contributed by atoms with Crippen molar-refractivity contribution in [2.75, 3.05) is 22.1 Å². The van der Waals surface area contributed by atoms with Crippen LogP contribution in [0.4, 0.5) is 17.1 Å². The van der Waals surface area contributed by atoms with Crippen molar-refractivity contribution in [3.63, 3.8) is 0 Å². The van der Waals surface area contributed by atoms with Gasteiger partial charge in [0.15, 0.2) is 0 Å². The summed E-state index contributed by atoms with van der Waals surface area (Å²) in [6, 6.07) is 14.4. The molecule has 1 unspecified atom stereocenters. The van der Waals surface area contributed by atoms with Crippen LogP contribution in [-0.2, 0) is 9.59 Å². The van der Waals surface area contributed by atoms with Crippen LogP contribution in [0.25, 0.3) is 0 Å². The lowest BCUT2D eigenvalue weighted by molar-refractivity contribution is -0.120. The van der Waals surface area contributed by atoms with Gasteiger partial charge in [0.2, 0.25) is 11.8 Å². The second-order valence-corrected chi connectivity index (χ2v) is 6.45. The second kappa shape index (κ2) is 7.57. The first kappa shape index (κ1) is 17.3. The fourth-order valence-electron chi connectivity index (χ4n) is 2.97. The number of benzene rings is 2. The van der Waals surface area contributed by atoms with E-state index in [1.807, 2.05) is 42.5 Å². The van der Waals surface area contributed by atoms with Crippen LogP contribution in [0.2, 0.25) is 5.02 Å². The van der Waals surface area contributed by atoms with Crippen LogP contribution < -0.4 is 15.5 Å². The maximum Gasteiger partial charge on any atom is 0.249 e. The molecule has 0 radical (unpaired) electrons. The van der Waals surface area contributed by atoms with Gasteiger partial charge in [-0.2, -0.15) is 0 Å². The van der Waals surface area contributed by atoms with E-state index >= 15 is 0 Å². The Balaban J connectivity index is 1.71. The van der Waals surface area contributed by atoms with Crippen LogP contribution in [0.1, 0.15) is 19.8 Å². The van der Waals surface area contributed by atoms with E-state index in [1.165, 1.54) is 6.92 Å². The smallest absolute Gasteiger partial charge is 0.249 e. The third kappa shape index (κ3) is 4.12. The number of para-hydroxylation sites is 1. The van der Waals surface area contributed by atoms with Crippen LogP contribution in [0.3, 0.4) is 0 Å². The van der Waals surface area contributed by atoms with Gasteiger partial charge in [-0.15, -0.1) is 0 Å². The van der Waals surface area contributed by atoms with Crippen LogP contribution in [-0.4, -0.2) is 24.4 Å². The van der Waals surface area contributed by atoms with E-state index in [9.17, 15) is 9.59 Å². The summed E-state index contributed by atoms with van der Waals surface area (Å²) in [6.07, 6.45) is 1.67. The van der Waals surface area contributed by atoms with Gasteiger partial charge in [0.1, 0.15) is 6.04 Å². The molecule has 0 aliphatic carbocycles. The zero-order chi connectivity index (χ0) is 17.8. The first-order valence-corrected chi connectivity index (χ1v) is 8.62. The Morgan fingerprint density at radius 2 is 1.80 bits per heavy atom. The number of nitrogens with one attached hydrogen (secondary N) is 2. The molecule has 0 bridgehead atoms. The predicted octanol–water partition coefficient (Wildman–Crippen LogP) is 3.91. The van der Waals surface area contributed by atoms with Crippen LogP contribution in [0.5, 0.6) is 0 Å². The standard InChI is InChI=1S/C19H20ClN3O2/c1-13(24)21-14-8-10-15(11-9-14)22-17-6-4-12-23(19(17)25)18-7-3-2-5-16(18)20/h2-3,5,7-11,17,22H,4,6,12H2,1H3,(H,21,24). The number of nitrogens with zero attached hydrogens (tertiary/aromatic N) is 1. The maximum absolute atomic E-state index is 12.8. The number of carbonyl (C=O) groups excluding carboxylic acids is 2. The molecule has 2 N–H and O–H groups in total.